The van der Waals surface area contributed by atoms with Gasteiger partial charge < -0.3 is 15.8 Å². The van der Waals surface area contributed by atoms with E-state index in [-0.39, 0.29) is 11.9 Å². The van der Waals surface area contributed by atoms with Crippen molar-refractivity contribution < 1.29 is 9.53 Å². The zero-order chi connectivity index (χ0) is 13.5. The molecule has 100 valence electrons. The van der Waals surface area contributed by atoms with Gasteiger partial charge in [0.1, 0.15) is 5.69 Å². The minimum absolute atomic E-state index is 0.148. The number of amides is 1. The van der Waals surface area contributed by atoms with Crippen LogP contribution >= 0.6 is 0 Å². The number of nitrogens with one attached hydrogen (secondary N) is 1. The van der Waals surface area contributed by atoms with Crippen molar-refractivity contribution in [3.8, 4) is 11.8 Å². The fourth-order valence-corrected chi connectivity index (χ4v) is 1.86. The minimum atomic E-state index is -0.148. The van der Waals surface area contributed by atoms with Crippen LogP contribution in [0.4, 0.5) is 0 Å². The van der Waals surface area contributed by atoms with Gasteiger partial charge in [0, 0.05) is 31.0 Å². The first kappa shape index (κ1) is 13.5. The highest BCUT2D eigenvalue weighted by Crippen LogP contribution is 2.07. The van der Waals surface area contributed by atoms with Crippen LogP contribution in [0.15, 0.2) is 18.3 Å². The topological polar surface area (TPSA) is 77.2 Å². The van der Waals surface area contributed by atoms with Crippen molar-refractivity contribution in [2.24, 2.45) is 5.73 Å². The van der Waals surface area contributed by atoms with Gasteiger partial charge in [0.15, 0.2) is 0 Å². The molecule has 2 rings (SSSR count). The number of hydrogen-bond donors (Lipinski definition) is 2. The maximum atomic E-state index is 12.0. The summed E-state index contributed by atoms with van der Waals surface area (Å²) in [5.41, 5.74) is 6.45. The molecule has 3 N–H and O–H groups in total. The monoisotopic (exact) mass is 259 g/mol. The van der Waals surface area contributed by atoms with Crippen molar-refractivity contribution in [1.82, 2.24) is 10.3 Å². The van der Waals surface area contributed by atoms with Crippen LogP contribution in [-0.4, -0.2) is 36.7 Å². The summed E-state index contributed by atoms with van der Waals surface area (Å²) in [6.07, 6.45) is 3.29. The zero-order valence-electron chi connectivity index (χ0n) is 10.7. The Balaban J connectivity index is 1.95. The number of nitrogens with zero attached hydrogens (tertiary/aromatic N) is 1. The fourth-order valence-electron chi connectivity index (χ4n) is 1.86. The van der Waals surface area contributed by atoms with Gasteiger partial charge >= 0.3 is 0 Å². The summed E-state index contributed by atoms with van der Waals surface area (Å²) in [6, 6.07) is 3.63. The Labute approximate surface area is 112 Å². The number of carbonyl (C=O) groups excluding carboxylic acids is 1. The van der Waals surface area contributed by atoms with Gasteiger partial charge in [-0.3, -0.25) is 4.79 Å². The van der Waals surface area contributed by atoms with Crippen molar-refractivity contribution in [1.29, 1.82) is 0 Å². The fraction of sp³-hybridized carbons (Fsp3) is 0.429. The van der Waals surface area contributed by atoms with Gasteiger partial charge in [-0.05, 0) is 25.0 Å². The molecule has 0 unspecified atom stereocenters. The van der Waals surface area contributed by atoms with Gasteiger partial charge in [-0.2, -0.15) is 0 Å². The number of carbonyl (C=O) groups is 1. The Hall–Kier alpha value is -1.90. The van der Waals surface area contributed by atoms with Crippen LogP contribution < -0.4 is 11.1 Å². The third-order valence-electron chi connectivity index (χ3n) is 2.89. The molecule has 0 spiro atoms. The largest absolute Gasteiger partial charge is 0.381 e. The van der Waals surface area contributed by atoms with Gasteiger partial charge in [0.05, 0.1) is 6.54 Å². The van der Waals surface area contributed by atoms with Crippen LogP contribution in [-0.2, 0) is 4.74 Å². The van der Waals surface area contributed by atoms with Gasteiger partial charge in [-0.1, -0.05) is 11.8 Å². The molecular weight excluding hydrogens is 242 g/mol. The molecule has 1 aromatic rings. The molecular formula is C14H17N3O2. The molecule has 5 nitrogen and oxygen atoms in total. The quantitative estimate of drug-likeness (QED) is 0.749. The van der Waals surface area contributed by atoms with Crippen molar-refractivity contribution in [3.63, 3.8) is 0 Å². The van der Waals surface area contributed by atoms with Crippen LogP contribution in [0.5, 0.6) is 0 Å². The van der Waals surface area contributed by atoms with E-state index >= 15 is 0 Å². The highest BCUT2D eigenvalue weighted by Gasteiger charge is 2.17. The molecule has 0 aliphatic carbocycles. The predicted molar refractivity (Wildman–Crippen MR) is 71.5 cm³/mol. The van der Waals surface area contributed by atoms with E-state index in [0.717, 1.165) is 18.4 Å². The normalized spacial score (nSPS) is 15.4. The number of aromatic nitrogens is 1. The first-order chi connectivity index (χ1) is 9.29. The number of rotatable bonds is 2. The third kappa shape index (κ3) is 4.05. The molecule has 5 heteroatoms. The molecule has 1 amide bonds. The number of pyridine rings is 1. The SMILES string of the molecule is NCC#Cc1ccc(C(=O)NC2CCOCC2)nc1. The van der Waals surface area contributed by atoms with Crippen LogP contribution in [0.1, 0.15) is 28.9 Å². The highest BCUT2D eigenvalue weighted by atomic mass is 16.5. The lowest BCUT2D eigenvalue weighted by Crippen LogP contribution is -2.39. The Morgan fingerprint density at radius 1 is 1.47 bits per heavy atom. The minimum Gasteiger partial charge on any atom is -0.381 e. The molecule has 1 aliphatic heterocycles. The maximum Gasteiger partial charge on any atom is 0.270 e. The average molecular weight is 259 g/mol. The molecule has 1 aliphatic rings. The number of ether oxygens (including phenoxy) is 1. The first-order valence-electron chi connectivity index (χ1n) is 6.33. The molecule has 0 aromatic carbocycles. The van der Waals surface area contributed by atoms with Gasteiger partial charge in [-0.25, -0.2) is 4.98 Å². The van der Waals surface area contributed by atoms with Crippen molar-refractivity contribution in [3.05, 3.63) is 29.6 Å². The van der Waals surface area contributed by atoms with Crippen LogP contribution in [0.25, 0.3) is 0 Å². The van der Waals surface area contributed by atoms with E-state index in [2.05, 4.69) is 22.1 Å². The van der Waals surface area contributed by atoms with Crippen molar-refractivity contribution in [2.45, 2.75) is 18.9 Å². The summed E-state index contributed by atoms with van der Waals surface area (Å²) in [6.45, 7) is 1.71. The summed E-state index contributed by atoms with van der Waals surface area (Å²) in [5.74, 6) is 5.46. The van der Waals surface area contributed by atoms with E-state index < -0.39 is 0 Å². The Kier molecular flexibility index (Phi) is 4.90. The second kappa shape index (κ2) is 6.88. The summed E-state index contributed by atoms with van der Waals surface area (Å²) in [5, 5.41) is 2.96. The van der Waals surface area contributed by atoms with Gasteiger partial charge in [0.2, 0.25) is 0 Å². The first-order valence-corrected chi connectivity index (χ1v) is 6.33. The summed E-state index contributed by atoms with van der Waals surface area (Å²) < 4.78 is 5.25. The van der Waals surface area contributed by atoms with Crippen LogP contribution in [0.2, 0.25) is 0 Å². The molecule has 1 saturated heterocycles. The lowest BCUT2D eigenvalue weighted by molar-refractivity contribution is 0.0694. The maximum absolute atomic E-state index is 12.0. The highest BCUT2D eigenvalue weighted by molar-refractivity contribution is 5.92. The Bertz CT molecular complexity index is 482. The number of hydrogen-bond acceptors (Lipinski definition) is 4. The lowest BCUT2D eigenvalue weighted by Gasteiger charge is -2.22. The summed E-state index contributed by atoms with van der Waals surface area (Å²) in [4.78, 5) is 16.1. The molecule has 0 atom stereocenters. The van der Waals surface area contributed by atoms with E-state index in [0.29, 0.717) is 25.5 Å². The van der Waals surface area contributed by atoms with Gasteiger partial charge in [0.25, 0.3) is 5.91 Å². The summed E-state index contributed by atoms with van der Waals surface area (Å²) >= 11 is 0. The Morgan fingerprint density at radius 2 is 2.26 bits per heavy atom. The molecule has 2 heterocycles. The average Bonchev–Trinajstić information content (AvgIpc) is 2.46. The van der Waals surface area contributed by atoms with E-state index in [9.17, 15) is 4.79 Å². The summed E-state index contributed by atoms with van der Waals surface area (Å²) in [7, 11) is 0. The Morgan fingerprint density at radius 3 is 2.89 bits per heavy atom. The van der Waals surface area contributed by atoms with E-state index in [4.69, 9.17) is 10.5 Å². The predicted octanol–water partition coefficient (Wildman–Crippen LogP) is 0.301. The molecule has 19 heavy (non-hydrogen) atoms. The van der Waals surface area contributed by atoms with Crippen LogP contribution in [0, 0.1) is 11.8 Å². The van der Waals surface area contributed by atoms with E-state index in [1.807, 2.05) is 0 Å². The second-order valence-corrected chi connectivity index (χ2v) is 4.30. The van der Waals surface area contributed by atoms with Gasteiger partial charge in [-0.15, -0.1) is 0 Å². The van der Waals surface area contributed by atoms with Crippen molar-refractivity contribution >= 4 is 5.91 Å². The number of nitrogens with two attached hydrogens (primary N) is 1. The molecule has 1 fully saturated rings. The molecule has 0 saturated carbocycles. The standard InChI is InChI=1S/C14H17N3O2/c15-7-1-2-11-3-4-13(16-10-11)14(18)17-12-5-8-19-9-6-12/h3-4,10,12H,5-9,15H2,(H,17,18). The smallest absolute Gasteiger partial charge is 0.270 e. The third-order valence-corrected chi connectivity index (χ3v) is 2.89. The van der Waals surface area contributed by atoms with Crippen molar-refractivity contribution in [2.75, 3.05) is 19.8 Å². The van der Waals surface area contributed by atoms with E-state index in [1.165, 1.54) is 0 Å². The lowest BCUT2D eigenvalue weighted by atomic mass is 10.1. The molecule has 1 aromatic heterocycles. The second-order valence-electron chi connectivity index (χ2n) is 4.30. The molecule has 0 bridgehead atoms. The van der Waals surface area contributed by atoms with E-state index in [1.54, 1.807) is 18.3 Å². The van der Waals surface area contributed by atoms with Crippen LogP contribution in [0.3, 0.4) is 0 Å². The molecule has 0 radical (unpaired) electrons. The zero-order valence-corrected chi connectivity index (χ0v) is 10.7.